The highest BCUT2D eigenvalue weighted by Crippen LogP contribution is 2.29. The van der Waals surface area contributed by atoms with Crippen LogP contribution in [-0.2, 0) is 33.2 Å². The van der Waals surface area contributed by atoms with Crippen molar-refractivity contribution < 1.29 is 78.5 Å². The highest BCUT2D eigenvalue weighted by Gasteiger charge is 2.50. The number of aliphatic hydroxyl groups excluding tert-OH is 8. The van der Waals surface area contributed by atoms with E-state index in [1.807, 2.05) is 0 Å². The summed E-state index contributed by atoms with van der Waals surface area (Å²) in [5.41, 5.74) is 0. The molecule has 0 aliphatic carbocycles. The van der Waals surface area contributed by atoms with E-state index in [1.165, 1.54) is 64.2 Å². The van der Waals surface area contributed by atoms with Crippen LogP contribution in [0.1, 0.15) is 77.6 Å². The molecule has 2 aliphatic rings. The van der Waals surface area contributed by atoms with Crippen LogP contribution < -0.4 is 0 Å². The highest BCUT2D eigenvalue weighted by molar-refractivity contribution is 4.94. The van der Waals surface area contributed by atoms with Crippen LogP contribution >= 0.6 is 0 Å². The van der Waals surface area contributed by atoms with Gasteiger partial charge in [-0.25, -0.2) is 0 Å². The summed E-state index contributed by atoms with van der Waals surface area (Å²) in [4.78, 5) is 0. The number of likely N-dealkylation sites (N-methyl/N-ethyl adjacent to an activating group) is 1. The third-order valence-electron chi connectivity index (χ3n) is 9.55. The summed E-state index contributed by atoms with van der Waals surface area (Å²) in [5, 5.41) is 81.4. The van der Waals surface area contributed by atoms with Crippen molar-refractivity contribution in [1.29, 1.82) is 0 Å². The number of ether oxygens (including phenoxy) is 7. The van der Waals surface area contributed by atoms with E-state index in [9.17, 15) is 35.7 Å². The first-order valence-corrected chi connectivity index (χ1v) is 19.4. The van der Waals surface area contributed by atoms with Crippen LogP contribution in [0.4, 0.5) is 0 Å². The monoisotopic (exact) mass is 758 g/mol. The standard InChI is InChI=1S/C36H72NO15/c1-4-5-6-7-8-9-10-11-12-13-14-15-37(2,3)22-26(39)23-48-20-18-46-19-21-49-24-27-29(40)30(41)33(44)36(51-27)52-34-28(25-47-17-16-38)50-35(45)32(43)31(34)42/h26-36,38-45H,4-25H2,1-3H3/q+1/t26?,27-,28-,29-,30+,31-,32-,33-,34-,35-,36+/m1/s1. The molecule has 0 spiro atoms. The van der Waals surface area contributed by atoms with Gasteiger partial charge in [-0.3, -0.25) is 0 Å². The lowest BCUT2D eigenvalue weighted by Crippen LogP contribution is -2.64. The number of aliphatic hydroxyl groups is 8. The SMILES string of the molecule is CCCCCCCCCCCCC[N+](C)(C)CC(O)COCCOCCOC[C@H]1O[C@@H](O[C@H]2[C@H](O)[C@@H](O)[C@H](O)O[C@@H]2COCCO)[C@H](O)[C@@H](O)[C@@H]1O. The summed E-state index contributed by atoms with van der Waals surface area (Å²) in [6.45, 7) is 4.20. The molecule has 0 aromatic carbocycles. The zero-order chi connectivity index (χ0) is 38.4. The first kappa shape index (κ1) is 47.5. The summed E-state index contributed by atoms with van der Waals surface area (Å²) >= 11 is 0. The van der Waals surface area contributed by atoms with E-state index in [0.717, 1.165) is 17.4 Å². The molecule has 8 N–H and O–H groups in total. The Bertz CT molecular complexity index is 876. The fourth-order valence-electron chi connectivity index (χ4n) is 6.48. The van der Waals surface area contributed by atoms with Gasteiger partial charge in [0.05, 0.1) is 80.1 Å². The van der Waals surface area contributed by atoms with Crippen molar-refractivity contribution in [3.63, 3.8) is 0 Å². The third-order valence-corrected chi connectivity index (χ3v) is 9.55. The van der Waals surface area contributed by atoms with Crippen LogP contribution in [0.25, 0.3) is 0 Å². The van der Waals surface area contributed by atoms with E-state index in [0.29, 0.717) is 13.2 Å². The van der Waals surface area contributed by atoms with Gasteiger partial charge in [-0.2, -0.15) is 0 Å². The quantitative estimate of drug-likeness (QED) is 0.0339. The molecule has 16 nitrogen and oxygen atoms in total. The van der Waals surface area contributed by atoms with E-state index >= 15 is 0 Å². The van der Waals surface area contributed by atoms with E-state index in [2.05, 4.69) is 21.0 Å². The predicted molar refractivity (Wildman–Crippen MR) is 189 cm³/mol. The number of unbranched alkanes of at least 4 members (excludes halogenated alkanes) is 10. The average molecular weight is 759 g/mol. The molecule has 0 bridgehead atoms. The normalized spacial score (nSPS) is 30.5. The molecule has 0 aromatic rings. The second kappa shape index (κ2) is 27.0. The van der Waals surface area contributed by atoms with E-state index < -0.39 is 67.5 Å². The Morgan fingerprint density at radius 3 is 1.79 bits per heavy atom. The average Bonchev–Trinajstić information content (AvgIpc) is 3.10. The van der Waals surface area contributed by atoms with Gasteiger partial charge in [-0.05, 0) is 12.8 Å². The fraction of sp³-hybridized carbons (Fsp3) is 1.00. The van der Waals surface area contributed by atoms with E-state index in [1.54, 1.807) is 0 Å². The molecule has 2 saturated heterocycles. The molecule has 0 aromatic heterocycles. The maximum Gasteiger partial charge on any atom is 0.187 e. The molecule has 0 amide bonds. The molecule has 0 saturated carbocycles. The largest absolute Gasteiger partial charge is 0.394 e. The molecular formula is C36H72NO15+. The maximum atomic E-state index is 10.5. The number of rotatable bonds is 30. The Balaban J connectivity index is 1.58. The second-order valence-corrected chi connectivity index (χ2v) is 14.8. The minimum atomic E-state index is -1.75. The molecule has 2 heterocycles. The smallest absolute Gasteiger partial charge is 0.187 e. The van der Waals surface area contributed by atoms with Crippen LogP contribution in [0.3, 0.4) is 0 Å². The van der Waals surface area contributed by atoms with Crippen molar-refractivity contribution in [2.75, 3.05) is 86.6 Å². The van der Waals surface area contributed by atoms with Crippen molar-refractivity contribution >= 4 is 0 Å². The first-order valence-electron chi connectivity index (χ1n) is 19.4. The molecule has 16 heteroatoms. The Labute approximate surface area is 310 Å². The van der Waals surface area contributed by atoms with Gasteiger partial charge in [-0.1, -0.05) is 64.7 Å². The lowest BCUT2D eigenvalue weighted by molar-refractivity contribution is -0.893. The zero-order valence-corrected chi connectivity index (χ0v) is 31.8. The summed E-state index contributed by atoms with van der Waals surface area (Å²) in [6.07, 6.45) is -1.49. The van der Waals surface area contributed by atoms with Crippen LogP contribution in [0.2, 0.25) is 0 Å². The molecule has 310 valence electrons. The van der Waals surface area contributed by atoms with Gasteiger partial charge in [0.2, 0.25) is 0 Å². The predicted octanol–water partition coefficient (Wildman–Crippen LogP) is -0.575. The fourth-order valence-corrected chi connectivity index (χ4v) is 6.48. The van der Waals surface area contributed by atoms with Crippen molar-refractivity contribution in [1.82, 2.24) is 0 Å². The molecule has 52 heavy (non-hydrogen) atoms. The zero-order valence-electron chi connectivity index (χ0n) is 31.8. The minimum Gasteiger partial charge on any atom is -0.394 e. The molecule has 2 rings (SSSR count). The Hall–Kier alpha value is -0.640. The summed E-state index contributed by atoms with van der Waals surface area (Å²) < 4.78 is 39.3. The van der Waals surface area contributed by atoms with Gasteiger partial charge in [0, 0.05) is 0 Å². The van der Waals surface area contributed by atoms with Crippen LogP contribution in [0.5, 0.6) is 0 Å². The number of nitrogens with zero attached hydrogens (tertiary/aromatic N) is 1. The topological polar surface area (TPSA) is 226 Å². The highest BCUT2D eigenvalue weighted by atomic mass is 16.7. The summed E-state index contributed by atoms with van der Waals surface area (Å²) in [7, 11) is 4.27. The molecule has 2 fully saturated rings. The number of hydrogen-bond donors (Lipinski definition) is 8. The molecule has 1 unspecified atom stereocenters. The Morgan fingerprint density at radius 1 is 0.596 bits per heavy atom. The van der Waals surface area contributed by atoms with E-state index in [4.69, 9.17) is 38.3 Å². The number of quaternary nitrogens is 1. The van der Waals surface area contributed by atoms with Crippen LogP contribution in [0.15, 0.2) is 0 Å². The molecule has 2 aliphatic heterocycles. The van der Waals surface area contributed by atoms with Crippen LogP contribution in [-0.4, -0.2) is 199 Å². The van der Waals surface area contributed by atoms with Gasteiger partial charge in [0.25, 0.3) is 0 Å². The molecular weight excluding hydrogens is 686 g/mol. The van der Waals surface area contributed by atoms with Gasteiger partial charge < -0.3 is 78.5 Å². The van der Waals surface area contributed by atoms with Crippen molar-refractivity contribution in [2.45, 2.75) is 145 Å². The van der Waals surface area contributed by atoms with E-state index in [-0.39, 0.29) is 52.9 Å². The van der Waals surface area contributed by atoms with Gasteiger partial charge >= 0.3 is 0 Å². The summed E-state index contributed by atoms with van der Waals surface area (Å²) in [5.74, 6) is 0. The Morgan fingerprint density at radius 2 is 1.15 bits per heavy atom. The molecule has 11 atom stereocenters. The lowest BCUT2D eigenvalue weighted by Gasteiger charge is -2.45. The first-order chi connectivity index (χ1) is 24.9. The number of hydrogen-bond acceptors (Lipinski definition) is 15. The Kier molecular flexibility index (Phi) is 24.7. The minimum absolute atomic E-state index is 0.0639. The maximum absolute atomic E-state index is 10.5. The third kappa shape index (κ3) is 18.3. The summed E-state index contributed by atoms with van der Waals surface area (Å²) in [6, 6.07) is 0. The second-order valence-electron chi connectivity index (χ2n) is 14.8. The van der Waals surface area contributed by atoms with Crippen molar-refractivity contribution in [3.05, 3.63) is 0 Å². The molecule has 0 radical (unpaired) electrons. The lowest BCUT2D eigenvalue weighted by atomic mass is 9.97. The van der Waals surface area contributed by atoms with Gasteiger partial charge in [0.15, 0.2) is 12.6 Å². The van der Waals surface area contributed by atoms with Crippen LogP contribution in [0, 0.1) is 0 Å². The van der Waals surface area contributed by atoms with Crippen molar-refractivity contribution in [3.8, 4) is 0 Å². The van der Waals surface area contributed by atoms with Gasteiger partial charge in [0.1, 0.15) is 61.5 Å². The van der Waals surface area contributed by atoms with Gasteiger partial charge in [-0.15, -0.1) is 0 Å². The van der Waals surface area contributed by atoms with Crippen molar-refractivity contribution in [2.24, 2.45) is 0 Å².